The molecule has 0 aliphatic heterocycles. The Balaban J connectivity index is 2.35. The topological polar surface area (TPSA) is 35.2 Å². The Bertz CT molecular complexity index is 494. The van der Waals surface area contributed by atoms with Gasteiger partial charge in [-0.25, -0.2) is 0 Å². The molecule has 0 aliphatic rings. The van der Waals surface area contributed by atoms with Crippen molar-refractivity contribution in [1.82, 2.24) is 0 Å². The second kappa shape index (κ2) is 5.25. The van der Waals surface area contributed by atoms with E-state index >= 15 is 0 Å². The minimum atomic E-state index is -0.242. The summed E-state index contributed by atoms with van der Waals surface area (Å²) in [5.74, 6) is 0.857. The first-order chi connectivity index (χ1) is 8.20. The highest BCUT2D eigenvalue weighted by Crippen LogP contribution is 2.25. The maximum atomic E-state index is 5.75. The quantitative estimate of drug-likeness (QED) is 0.643. The SMILES string of the molecule is COc1ccc(-c2cccc(C(N)S)c2)cc1. The molecule has 2 rings (SSSR count). The Morgan fingerprint density at radius 2 is 1.76 bits per heavy atom. The fraction of sp³-hybridized carbons (Fsp3) is 0.143. The number of thiol groups is 1. The largest absolute Gasteiger partial charge is 0.497 e. The van der Waals surface area contributed by atoms with Gasteiger partial charge in [-0.1, -0.05) is 30.3 Å². The van der Waals surface area contributed by atoms with Gasteiger partial charge in [0, 0.05) is 0 Å². The molecule has 0 bridgehead atoms. The Hall–Kier alpha value is -1.45. The van der Waals surface area contributed by atoms with Crippen molar-refractivity contribution in [3.63, 3.8) is 0 Å². The van der Waals surface area contributed by atoms with Crippen molar-refractivity contribution in [2.75, 3.05) is 7.11 Å². The van der Waals surface area contributed by atoms with Crippen LogP contribution in [0.2, 0.25) is 0 Å². The van der Waals surface area contributed by atoms with Crippen molar-refractivity contribution in [3.8, 4) is 16.9 Å². The van der Waals surface area contributed by atoms with Gasteiger partial charge in [0.2, 0.25) is 0 Å². The second-order valence-electron chi connectivity index (χ2n) is 3.80. The molecule has 2 aromatic carbocycles. The molecule has 17 heavy (non-hydrogen) atoms. The molecule has 3 heteroatoms. The molecule has 2 aromatic rings. The average Bonchev–Trinajstić information content (AvgIpc) is 2.39. The molecular weight excluding hydrogens is 230 g/mol. The molecule has 0 amide bonds. The summed E-state index contributed by atoms with van der Waals surface area (Å²) in [5, 5.41) is -0.242. The fourth-order valence-electron chi connectivity index (χ4n) is 1.69. The van der Waals surface area contributed by atoms with E-state index in [1.807, 2.05) is 36.4 Å². The van der Waals surface area contributed by atoms with Crippen molar-refractivity contribution >= 4 is 12.6 Å². The summed E-state index contributed by atoms with van der Waals surface area (Å²) in [6.07, 6.45) is 0. The van der Waals surface area contributed by atoms with Gasteiger partial charge in [0.15, 0.2) is 0 Å². The highest BCUT2D eigenvalue weighted by molar-refractivity contribution is 7.80. The molecule has 88 valence electrons. The van der Waals surface area contributed by atoms with Crippen LogP contribution in [0.15, 0.2) is 48.5 Å². The molecule has 0 saturated heterocycles. The van der Waals surface area contributed by atoms with Gasteiger partial charge >= 0.3 is 0 Å². The lowest BCUT2D eigenvalue weighted by Crippen LogP contribution is -2.01. The molecule has 0 aliphatic carbocycles. The molecule has 0 saturated carbocycles. The molecule has 1 unspecified atom stereocenters. The normalized spacial score (nSPS) is 12.2. The zero-order chi connectivity index (χ0) is 12.3. The van der Waals surface area contributed by atoms with Crippen LogP contribution in [0.4, 0.5) is 0 Å². The van der Waals surface area contributed by atoms with Crippen LogP contribution in [0.1, 0.15) is 10.9 Å². The Morgan fingerprint density at radius 3 is 2.35 bits per heavy atom. The number of benzene rings is 2. The third-order valence-corrected chi connectivity index (χ3v) is 2.95. The van der Waals surface area contributed by atoms with Gasteiger partial charge in [0.1, 0.15) is 5.75 Å². The van der Waals surface area contributed by atoms with Crippen LogP contribution in [-0.2, 0) is 0 Å². The molecule has 0 heterocycles. The zero-order valence-electron chi connectivity index (χ0n) is 9.63. The Kier molecular flexibility index (Phi) is 3.71. The highest BCUT2D eigenvalue weighted by Gasteiger charge is 2.03. The number of nitrogens with two attached hydrogens (primary N) is 1. The highest BCUT2D eigenvalue weighted by atomic mass is 32.1. The van der Waals surface area contributed by atoms with Crippen LogP contribution in [0.5, 0.6) is 5.75 Å². The van der Waals surface area contributed by atoms with E-state index in [9.17, 15) is 0 Å². The lowest BCUT2D eigenvalue weighted by molar-refractivity contribution is 0.415. The van der Waals surface area contributed by atoms with Crippen molar-refractivity contribution in [3.05, 3.63) is 54.1 Å². The zero-order valence-corrected chi connectivity index (χ0v) is 10.5. The second-order valence-corrected chi connectivity index (χ2v) is 4.36. The molecule has 0 aromatic heterocycles. The van der Waals surface area contributed by atoms with Gasteiger partial charge in [-0.05, 0) is 34.9 Å². The van der Waals surface area contributed by atoms with Crippen LogP contribution >= 0.6 is 12.6 Å². The van der Waals surface area contributed by atoms with Crippen molar-refractivity contribution < 1.29 is 4.74 Å². The van der Waals surface area contributed by atoms with Crippen LogP contribution in [0.25, 0.3) is 11.1 Å². The smallest absolute Gasteiger partial charge is 0.118 e. The summed E-state index contributed by atoms with van der Waals surface area (Å²) in [6, 6.07) is 16.0. The minimum absolute atomic E-state index is 0.242. The summed E-state index contributed by atoms with van der Waals surface area (Å²) >= 11 is 4.24. The Labute approximate surface area is 107 Å². The predicted molar refractivity (Wildman–Crippen MR) is 74.3 cm³/mol. The molecule has 0 fully saturated rings. The maximum Gasteiger partial charge on any atom is 0.118 e. The van der Waals surface area contributed by atoms with Gasteiger partial charge < -0.3 is 10.5 Å². The number of rotatable bonds is 3. The third-order valence-electron chi connectivity index (χ3n) is 2.65. The van der Waals surface area contributed by atoms with Crippen molar-refractivity contribution in [2.24, 2.45) is 5.73 Å². The van der Waals surface area contributed by atoms with E-state index in [0.717, 1.165) is 22.4 Å². The number of hydrogen-bond acceptors (Lipinski definition) is 3. The van der Waals surface area contributed by atoms with Gasteiger partial charge in [-0.3, -0.25) is 0 Å². The van der Waals surface area contributed by atoms with E-state index < -0.39 is 0 Å². The van der Waals surface area contributed by atoms with Crippen molar-refractivity contribution in [2.45, 2.75) is 5.37 Å². The van der Waals surface area contributed by atoms with Crippen LogP contribution < -0.4 is 10.5 Å². The summed E-state index contributed by atoms with van der Waals surface area (Å²) in [5.41, 5.74) is 9.04. The van der Waals surface area contributed by atoms with E-state index in [1.54, 1.807) is 7.11 Å². The summed E-state index contributed by atoms with van der Waals surface area (Å²) in [7, 11) is 1.66. The summed E-state index contributed by atoms with van der Waals surface area (Å²) in [4.78, 5) is 0. The first-order valence-corrected chi connectivity index (χ1v) is 5.90. The average molecular weight is 245 g/mol. The number of ether oxygens (including phenoxy) is 1. The van der Waals surface area contributed by atoms with E-state index in [0.29, 0.717) is 0 Å². The molecular formula is C14H15NOS. The standard InChI is InChI=1S/C14H15NOS/c1-16-13-7-5-10(6-8-13)11-3-2-4-12(9-11)14(15)17/h2-9,14,17H,15H2,1H3. The van der Waals surface area contributed by atoms with Gasteiger partial charge in [0.25, 0.3) is 0 Å². The van der Waals surface area contributed by atoms with Crippen LogP contribution in [0.3, 0.4) is 0 Å². The number of methoxy groups -OCH3 is 1. The molecule has 0 radical (unpaired) electrons. The fourth-order valence-corrected chi connectivity index (χ4v) is 1.85. The van der Waals surface area contributed by atoms with E-state index in [1.165, 1.54) is 0 Å². The summed E-state index contributed by atoms with van der Waals surface area (Å²) < 4.78 is 5.13. The maximum absolute atomic E-state index is 5.75. The van der Waals surface area contributed by atoms with Crippen molar-refractivity contribution in [1.29, 1.82) is 0 Å². The monoisotopic (exact) mass is 245 g/mol. The van der Waals surface area contributed by atoms with Gasteiger partial charge in [0.05, 0.1) is 12.5 Å². The van der Waals surface area contributed by atoms with E-state index in [-0.39, 0.29) is 5.37 Å². The molecule has 2 N–H and O–H groups in total. The van der Waals surface area contributed by atoms with E-state index in [4.69, 9.17) is 10.5 Å². The predicted octanol–water partition coefficient (Wildman–Crippen LogP) is 3.25. The molecule has 1 atom stereocenters. The van der Waals surface area contributed by atoms with Crippen LogP contribution in [-0.4, -0.2) is 7.11 Å². The Morgan fingerprint density at radius 1 is 1.06 bits per heavy atom. The van der Waals surface area contributed by atoms with Gasteiger partial charge in [-0.2, -0.15) is 12.6 Å². The third kappa shape index (κ3) is 2.81. The lowest BCUT2D eigenvalue weighted by atomic mass is 10.0. The summed E-state index contributed by atoms with van der Waals surface area (Å²) in [6.45, 7) is 0. The first kappa shape index (κ1) is 12.0. The van der Waals surface area contributed by atoms with Gasteiger partial charge in [-0.15, -0.1) is 0 Å². The van der Waals surface area contributed by atoms with Crippen LogP contribution in [0, 0.1) is 0 Å². The van der Waals surface area contributed by atoms with E-state index in [2.05, 4.69) is 24.8 Å². The first-order valence-electron chi connectivity index (χ1n) is 5.39. The minimum Gasteiger partial charge on any atom is -0.497 e. The molecule has 0 spiro atoms. The lowest BCUT2D eigenvalue weighted by Gasteiger charge is -2.08. The molecule has 2 nitrogen and oxygen atoms in total. The number of hydrogen-bond donors (Lipinski definition) is 2.